The zero-order chi connectivity index (χ0) is 20.4. The largest absolute Gasteiger partial charge is 0.478 e. The third-order valence-corrected chi connectivity index (χ3v) is 4.81. The van der Waals surface area contributed by atoms with E-state index in [1.807, 2.05) is 25.1 Å². The van der Waals surface area contributed by atoms with Crippen LogP contribution in [0.1, 0.15) is 21.5 Å². The Labute approximate surface area is 173 Å². The molecule has 1 aliphatic heterocycles. The number of esters is 1. The molecule has 6 heteroatoms. The van der Waals surface area contributed by atoms with E-state index in [1.54, 1.807) is 48.5 Å². The molecule has 29 heavy (non-hydrogen) atoms. The average Bonchev–Trinajstić information content (AvgIpc) is 3.13. The number of halogens is 1. The normalized spacial score (nSPS) is 14.6. The van der Waals surface area contributed by atoms with Crippen LogP contribution in [-0.2, 0) is 11.2 Å². The molecule has 1 N–H and O–H groups in total. The fourth-order valence-electron chi connectivity index (χ4n) is 3.13. The number of fused-ring (bicyclic) bond motifs is 1. The highest BCUT2D eigenvalue weighted by Crippen LogP contribution is 2.31. The zero-order valence-corrected chi connectivity index (χ0v) is 16.4. The number of hydrogen-bond acceptors (Lipinski definition) is 4. The number of hydrogen-bond donors (Lipinski definition) is 1. The first-order valence-corrected chi connectivity index (χ1v) is 9.50. The Morgan fingerprint density at radius 2 is 1.86 bits per heavy atom. The topological polar surface area (TPSA) is 64.6 Å². The first kappa shape index (κ1) is 19.0. The summed E-state index contributed by atoms with van der Waals surface area (Å²) in [5, 5.41) is 3.42. The molecule has 1 heterocycles. The molecule has 146 valence electrons. The Kier molecular flexibility index (Phi) is 5.23. The van der Waals surface area contributed by atoms with Crippen LogP contribution in [0, 0.1) is 6.92 Å². The Bertz CT molecular complexity index is 1080. The van der Waals surface area contributed by atoms with Crippen molar-refractivity contribution in [1.82, 2.24) is 0 Å². The third-order valence-electron chi connectivity index (χ3n) is 4.57. The Balaban J connectivity index is 1.36. The van der Waals surface area contributed by atoms with Gasteiger partial charge in [-0.3, -0.25) is 4.79 Å². The number of carbonyl (C=O) groups excluding carboxylic acids is 2. The van der Waals surface area contributed by atoms with Gasteiger partial charge >= 0.3 is 5.97 Å². The van der Waals surface area contributed by atoms with Gasteiger partial charge in [0.25, 0.3) is 5.91 Å². The van der Waals surface area contributed by atoms with Crippen molar-refractivity contribution in [3.8, 4) is 11.5 Å². The van der Waals surface area contributed by atoms with Crippen LogP contribution in [0.25, 0.3) is 0 Å². The van der Waals surface area contributed by atoms with Crippen molar-refractivity contribution in [2.45, 2.75) is 19.4 Å². The predicted molar refractivity (Wildman–Crippen MR) is 111 cm³/mol. The summed E-state index contributed by atoms with van der Waals surface area (Å²) in [4.78, 5) is 24.7. The summed E-state index contributed by atoms with van der Waals surface area (Å²) in [6.07, 6.45) is -0.288. The highest BCUT2D eigenvalue weighted by molar-refractivity contribution is 6.30. The van der Waals surface area contributed by atoms with Crippen LogP contribution >= 0.6 is 11.6 Å². The van der Waals surface area contributed by atoms with Crippen molar-refractivity contribution < 1.29 is 19.1 Å². The SMILES string of the molecule is Cc1cccc(C(=O)Nc2ccc(OC(=O)[C@@H]3Cc4cc(Cl)ccc4O3)cc2)c1. The van der Waals surface area contributed by atoms with Crippen LogP contribution in [0.4, 0.5) is 5.69 Å². The molecule has 1 atom stereocenters. The number of amides is 1. The molecule has 0 saturated carbocycles. The summed E-state index contributed by atoms with van der Waals surface area (Å²) in [5.41, 5.74) is 3.08. The van der Waals surface area contributed by atoms with Gasteiger partial charge in [-0.1, -0.05) is 29.3 Å². The molecule has 3 aromatic rings. The Hall–Kier alpha value is -3.31. The number of anilines is 1. The minimum Gasteiger partial charge on any atom is -0.478 e. The van der Waals surface area contributed by atoms with Crippen LogP contribution in [0.5, 0.6) is 11.5 Å². The van der Waals surface area contributed by atoms with Crippen molar-refractivity contribution in [3.05, 3.63) is 88.4 Å². The van der Waals surface area contributed by atoms with Crippen molar-refractivity contribution in [1.29, 1.82) is 0 Å². The molecule has 0 unspecified atom stereocenters. The van der Waals surface area contributed by atoms with E-state index < -0.39 is 12.1 Å². The quantitative estimate of drug-likeness (QED) is 0.498. The van der Waals surface area contributed by atoms with E-state index in [1.165, 1.54) is 0 Å². The Morgan fingerprint density at radius 3 is 2.62 bits per heavy atom. The zero-order valence-electron chi connectivity index (χ0n) is 15.6. The standard InChI is InChI=1S/C23H18ClNO4/c1-14-3-2-4-15(11-14)22(26)25-18-6-8-19(9-7-18)28-23(27)21-13-16-12-17(24)5-10-20(16)29-21/h2-12,21H,13H2,1H3,(H,25,26)/t21-/m0/s1. The molecule has 4 rings (SSSR count). The molecular weight excluding hydrogens is 390 g/mol. The Morgan fingerprint density at radius 1 is 1.07 bits per heavy atom. The first-order chi connectivity index (χ1) is 14.0. The molecule has 3 aromatic carbocycles. The van der Waals surface area contributed by atoms with E-state index in [9.17, 15) is 9.59 Å². The lowest BCUT2D eigenvalue weighted by Crippen LogP contribution is -2.29. The summed E-state index contributed by atoms with van der Waals surface area (Å²) >= 11 is 5.98. The minimum absolute atomic E-state index is 0.200. The molecule has 0 aliphatic carbocycles. The van der Waals surface area contributed by atoms with Gasteiger partial charge in [0.05, 0.1) is 0 Å². The minimum atomic E-state index is -0.704. The number of benzene rings is 3. The summed E-state index contributed by atoms with van der Waals surface area (Å²) in [5.74, 6) is 0.342. The third kappa shape index (κ3) is 4.41. The summed E-state index contributed by atoms with van der Waals surface area (Å²) in [6, 6.07) is 19.2. The lowest BCUT2D eigenvalue weighted by atomic mass is 10.1. The lowest BCUT2D eigenvalue weighted by molar-refractivity contribution is -0.141. The number of aryl methyl sites for hydroxylation is 1. The van der Waals surface area contributed by atoms with E-state index in [0.29, 0.717) is 34.2 Å². The van der Waals surface area contributed by atoms with Crippen LogP contribution in [0.2, 0.25) is 5.02 Å². The van der Waals surface area contributed by atoms with E-state index in [2.05, 4.69) is 5.32 Å². The van der Waals surface area contributed by atoms with Crippen molar-refractivity contribution in [3.63, 3.8) is 0 Å². The van der Waals surface area contributed by atoms with Crippen molar-refractivity contribution in [2.24, 2.45) is 0 Å². The fraction of sp³-hybridized carbons (Fsp3) is 0.130. The van der Waals surface area contributed by atoms with Crippen LogP contribution in [0.15, 0.2) is 66.7 Å². The van der Waals surface area contributed by atoms with E-state index in [4.69, 9.17) is 21.1 Å². The molecular formula is C23H18ClNO4. The molecule has 1 amide bonds. The van der Waals surface area contributed by atoms with Gasteiger partial charge < -0.3 is 14.8 Å². The molecule has 0 saturated heterocycles. The van der Waals surface area contributed by atoms with Gasteiger partial charge in [-0.05, 0) is 67.1 Å². The molecule has 0 radical (unpaired) electrons. The molecule has 1 aliphatic rings. The maximum Gasteiger partial charge on any atom is 0.353 e. The second kappa shape index (κ2) is 7.97. The maximum absolute atomic E-state index is 12.4. The number of rotatable bonds is 4. The van der Waals surface area contributed by atoms with Gasteiger partial charge in [-0.25, -0.2) is 4.79 Å². The molecule has 0 aromatic heterocycles. The maximum atomic E-state index is 12.4. The van der Waals surface area contributed by atoms with Crippen LogP contribution in [0.3, 0.4) is 0 Å². The lowest BCUT2D eigenvalue weighted by Gasteiger charge is -2.11. The van der Waals surface area contributed by atoms with Crippen LogP contribution in [-0.4, -0.2) is 18.0 Å². The van der Waals surface area contributed by atoms with Gasteiger partial charge in [0, 0.05) is 22.7 Å². The second-order valence-corrected chi connectivity index (χ2v) is 7.27. The van der Waals surface area contributed by atoms with Gasteiger partial charge in [-0.15, -0.1) is 0 Å². The van der Waals surface area contributed by atoms with E-state index in [0.717, 1.165) is 11.1 Å². The predicted octanol–water partition coefficient (Wildman–Crippen LogP) is 4.81. The number of ether oxygens (including phenoxy) is 2. The number of nitrogens with one attached hydrogen (secondary N) is 1. The summed E-state index contributed by atoms with van der Waals surface area (Å²) in [7, 11) is 0. The highest BCUT2D eigenvalue weighted by atomic mass is 35.5. The molecule has 5 nitrogen and oxygen atoms in total. The fourth-order valence-corrected chi connectivity index (χ4v) is 3.32. The van der Waals surface area contributed by atoms with Crippen LogP contribution < -0.4 is 14.8 Å². The van der Waals surface area contributed by atoms with Gasteiger partial charge in [-0.2, -0.15) is 0 Å². The van der Waals surface area contributed by atoms with E-state index >= 15 is 0 Å². The second-order valence-electron chi connectivity index (χ2n) is 6.83. The van der Waals surface area contributed by atoms with Gasteiger partial charge in [0.15, 0.2) is 6.10 Å². The molecule has 0 spiro atoms. The summed E-state index contributed by atoms with van der Waals surface area (Å²) in [6.45, 7) is 1.93. The van der Waals surface area contributed by atoms with Crippen molar-refractivity contribution in [2.75, 3.05) is 5.32 Å². The van der Waals surface area contributed by atoms with Gasteiger partial charge in [0.2, 0.25) is 0 Å². The molecule has 0 bridgehead atoms. The van der Waals surface area contributed by atoms with Crippen molar-refractivity contribution >= 4 is 29.2 Å². The summed E-state index contributed by atoms with van der Waals surface area (Å²) < 4.78 is 11.1. The number of carbonyl (C=O) groups is 2. The first-order valence-electron chi connectivity index (χ1n) is 9.13. The smallest absolute Gasteiger partial charge is 0.353 e. The monoisotopic (exact) mass is 407 g/mol. The average molecular weight is 408 g/mol. The molecule has 0 fully saturated rings. The van der Waals surface area contributed by atoms with E-state index in [-0.39, 0.29) is 5.91 Å². The van der Waals surface area contributed by atoms with Gasteiger partial charge in [0.1, 0.15) is 11.5 Å². The highest BCUT2D eigenvalue weighted by Gasteiger charge is 2.31.